The summed E-state index contributed by atoms with van der Waals surface area (Å²) < 4.78 is 6.44. The zero-order chi connectivity index (χ0) is 14.5. The van der Waals surface area contributed by atoms with Crippen LogP contribution < -0.4 is 0 Å². The number of nitrogens with zero attached hydrogens (tertiary/aromatic N) is 1. The van der Waals surface area contributed by atoms with Gasteiger partial charge in [-0.3, -0.25) is 9.69 Å². The van der Waals surface area contributed by atoms with E-state index >= 15 is 0 Å². The smallest absolute Gasteiger partial charge is 0.310 e. The SMILES string of the molecule is CCCN(Cc1ccc(Br)cc1)C1COCC1C(=O)O. The Morgan fingerprint density at radius 2 is 2.10 bits per heavy atom. The molecule has 20 heavy (non-hydrogen) atoms. The zero-order valence-electron chi connectivity index (χ0n) is 11.6. The van der Waals surface area contributed by atoms with Crippen molar-refractivity contribution in [2.24, 2.45) is 5.92 Å². The molecule has 2 unspecified atom stereocenters. The first-order chi connectivity index (χ1) is 9.61. The fourth-order valence-electron chi connectivity index (χ4n) is 2.61. The van der Waals surface area contributed by atoms with Crippen LogP contribution >= 0.6 is 15.9 Å². The number of rotatable bonds is 6. The number of aliphatic carboxylic acids is 1. The molecular weight excluding hydrogens is 322 g/mol. The molecule has 1 aliphatic heterocycles. The minimum absolute atomic E-state index is 0.0314. The maximum absolute atomic E-state index is 11.3. The summed E-state index contributed by atoms with van der Waals surface area (Å²) in [5, 5.41) is 9.29. The number of hydrogen-bond acceptors (Lipinski definition) is 3. The molecule has 0 amide bonds. The molecule has 0 bridgehead atoms. The van der Waals surface area contributed by atoms with Crippen LogP contribution in [-0.4, -0.2) is 41.8 Å². The number of carboxylic acid groups (broad SMARTS) is 1. The Morgan fingerprint density at radius 1 is 1.40 bits per heavy atom. The van der Waals surface area contributed by atoms with Crippen LogP contribution in [0, 0.1) is 5.92 Å². The Bertz CT molecular complexity index is 449. The summed E-state index contributed by atoms with van der Waals surface area (Å²) in [4.78, 5) is 13.5. The van der Waals surface area contributed by atoms with E-state index < -0.39 is 11.9 Å². The van der Waals surface area contributed by atoms with Gasteiger partial charge < -0.3 is 9.84 Å². The average molecular weight is 342 g/mol. The number of ether oxygens (including phenoxy) is 1. The second kappa shape index (κ2) is 7.20. The summed E-state index contributed by atoms with van der Waals surface area (Å²) in [5.74, 6) is -1.18. The normalized spacial score (nSPS) is 22.4. The second-order valence-electron chi connectivity index (χ2n) is 5.15. The van der Waals surface area contributed by atoms with E-state index in [1.165, 1.54) is 5.56 Å². The third kappa shape index (κ3) is 3.81. The van der Waals surface area contributed by atoms with Crippen molar-refractivity contribution in [2.45, 2.75) is 25.9 Å². The minimum Gasteiger partial charge on any atom is -0.481 e. The molecule has 1 N–H and O–H groups in total. The third-order valence-electron chi connectivity index (χ3n) is 3.65. The Kier molecular flexibility index (Phi) is 5.57. The Morgan fingerprint density at radius 3 is 2.70 bits per heavy atom. The lowest BCUT2D eigenvalue weighted by Crippen LogP contribution is -2.43. The number of benzene rings is 1. The average Bonchev–Trinajstić information content (AvgIpc) is 2.90. The fourth-order valence-corrected chi connectivity index (χ4v) is 2.88. The van der Waals surface area contributed by atoms with Gasteiger partial charge in [-0.1, -0.05) is 35.0 Å². The van der Waals surface area contributed by atoms with Crippen LogP contribution in [0.15, 0.2) is 28.7 Å². The lowest BCUT2D eigenvalue weighted by atomic mass is 10.0. The van der Waals surface area contributed by atoms with Gasteiger partial charge in [0.15, 0.2) is 0 Å². The highest BCUT2D eigenvalue weighted by molar-refractivity contribution is 9.10. The van der Waals surface area contributed by atoms with E-state index in [9.17, 15) is 9.90 Å². The molecule has 110 valence electrons. The van der Waals surface area contributed by atoms with Crippen molar-refractivity contribution in [3.05, 3.63) is 34.3 Å². The third-order valence-corrected chi connectivity index (χ3v) is 4.18. The Balaban J connectivity index is 2.10. The topological polar surface area (TPSA) is 49.8 Å². The molecule has 1 fully saturated rings. The number of halogens is 1. The van der Waals surface area contributed by atoms with Gasteiger partial charge in [-0.25, -0.2) is 0 Å². The first kappa shape index (κ1) is 15.5. The highest BCUT2D eigenvalue weighted by Gasteiger charge is 2.37. The van der Waals surface area contributed by atoms with Gasteiger partial charge in [0.25, 0.3) is 0 Å². The molecule has 2 atom stereocenters. The molecule has 4 nitrogen and oxygen atoms in total. The van der Waals surface area contributed by atoms with Crippen molar-refractivity contribution in [3.63, 3.8) is 0 Å². The molecule has 0 radical (unpaired) electrons. The van der Waals surface area contributed by atoms with E-state index in [0.29, 0.717) is 13.2 Å². The van der Waals surface area contributed by atoms with E-state index in [-0.39, 0.29) is 6.04 Å². The van der Waals surface area contributed by atoms with Gasteiger partial charge in [0.1, 0.15) is 0 Å². The summed E-state index contributed by atoms with van der Waals surface area (Å²) in [5.41, 5.74) is 1.19. The predicted molar refractivity (Wildman–Crippen MR) is 80.6 cm³/mol. The molecule has 1 aromatic rings. The summed E-state index contributed by atoms with van der Waals surface area (Å²) in [6.07, 6.45) is 0.999. The van der Waals surface area contributed by atoms with Gasteiger partial charge in [-0.15, -0.1) is 0 Å². The first-order valence-corrected chi connectivity index (χ1v) is 7.70. The van der Waals surface area contributed by atoms with Crippen LogP contribution in [0.25, 0.3) is 0 Å². The van der Waals surface area contributed by atoms with Crippen molar-refractivity contribution in [2.75, 3.05) is 19.8 Å². The fraction of sp³-hybridized carbons (Fsp3) is 0.533. The summed E-state index contributed by atoms with van der Waals surface area (Å²) in [6, 6.07) is 8.13. The van der Waals surface area contributed by atoms with Gasteiger partial charge in [-0.2, -0.15) is 0 Å². The molecule has 0 aromatic heterocycles. The number of carboxylic acids is 1. The molecule has 1 saturated heterocycles. The second-order valence-corrected chi connectivity index (χ2v) is 6.06. The molecule has 0 spiro atoms. The molecular formula is C15H20BrNO3. The quantitative estimate of drug-likeness (QED) is 0.864. The molecule has 5 heteroatoms. The van der Waals surface area contributed by atoms with E-state index in [2.05, 4.69) is 39.9 Å². The Hall–Kier alpha value is -0.910. The van der Waals surface area contributed by atoms with E-state index in [0.717, 1.165) is 24.0 Å². The summed E-state index contributed by atoms with van der Waals surface area (Å²) in [6.45, 7) is 4.58. The molecule has 0 saturated carbocycles. The van der Waals surface area contributed by atoms with Crippen molar-refractivity contribution >= 4 is 21.9 Å². The largest absolute Gasteiger partial charge is 0.481 e. The summed E-state index contributed by atoms with van der Waals surface area (Å²) >= 11 is 3.43. The van der Waals surface area contributed by atoms with Crippen LogP contribution in [-0.2, 0) is 16.1 Å². The molecule has 1 aromatic carbocycles. The predicted octanol–water partition coefficient (Wildman–Crippen LogP) is 2.76. The van der Waals surface area contributed by atoms with Crippen LogP contribution in [0.2, 0.25) is 0 Å². The molecule has 0 aliphatic carbocycles. The first-order valence-electron chi connectivity index (χ1n) is 6.91. The minimum atomic E-state index is -0.760. The highest BCUT2D eigenvalue weighted by Crippen LogP contribution is 2.23. The van der Waals surface area contributed by atoms with Gasteiger partial charge in [-0.05, 0) is 30.7 Å². The van der Waals surface area contributed by atoms with Crippen LogP contribution in [0.5, 0.6) is 0 Å². The Labute approximate surface area is 127 Å². The van der Waals surface area contributed by atoms with Crippen molar-refractivity contribution in [3.8, 4) is 0 Å². The lowest BCUT2D eigenvalue weighted by Gasteiger charge is -2.30. The molecule has 1 heterocycles. The van der Waals surface area contributed by atoms with Crippen molar-refractivity contribution in [1.29, 1.82) is 0 Å². The van der Waals surface area contributed by atoms with E-state index in [4.69, 9.17) is 4.74 Å². The summed E-state index contributed by atoms with van der Waals surface area (Å²) in [7, 11) is 0. The van der Waals surface area contributed by atoms with E-state index in [1.54, 1.807) is 0 Å². The van der Waals surface area contributed by atoms with Crippen molar-refractivity contribution in [1.82, 2.24) is 4.90 Å². The number of hydrogen-bond donors (Lipinski definition) is 1. The van der Waals surface area contributed by atoms with Gasteiger partial charge in [0, 0.05) is 17.1 Å². The van der Waals surface area contributed by atoms with E-state index in [1.807, 2.05) is 12.1 Å². The maximum Gasteiger partial charge on any atom is 0.310 e. The zero-order valence-corrected chi connectivity index (χ0v) is 13.2. The van der Waals surface area contributed by atoms with Crippen LogP contribution in [0.4, 0.5) is 0 Å². The monoisotopic (exact) mass is 341 g/mol. The van der Waals surface area contributed by atoms with Gasteiger partial charge in [0.05, 0.1) is 19.1 Å². The molecule has 1 aliphatic rings. The van der Waals surface area contributed by atoms with Gasteiger partial charge >= 0.3 is 5.97 Å². The highest BCUT2D eigenvalue weighted by atomic mass is 79.9. The standard InChI is InChI=1S/C15H20BrNO3/c1-2-7-17(8-11-3-5-12(16)6-4-11)14-10-20-9-13(14)15(18)19/h3-6,13-14H,2,7-10H2,1H3,(H,18,19). The lowest BCUT2D eigenvalue weighted by molar-refractivity contribution is -0.143. The van der Waals surface area contributed by atoms with Crippen molar-refractivity contribution < 1.29 is 14.6 Å². The van der Waals surface area contributed by atoms with Crippen LogP contribution in [0.1, 0.15) is 18.9 Å². The number of carbonyl (C=O) groups is 1. The van der Waals surface area contributed by atoms with Crippen LogP contribution in [0.3, 0.4) is 0 Å². The van der Waals surface area contributed by atoms with Gasteiger partial charge in [0.2, 0.25) is 0 Å². The maximum atomic E-state index is 11.3. The molecule has 2 rings (SSSR count).